The molecule has 0 spiro atoms. The summed E-state index contributed by atoms with van der Waals surface area (Å²) in [5.41, 5.74) is 2.93. The van der Waals surface area contributed by atoms with Crippen molar-refractivity contribution in [2.75, 3.05) is 0 Å². The maximum atomic E-state index is 2.50. The zero-order valence-corrected chi connectivity index (χ0v) is 12.5. The van der Waals surface area contributed by atoms with Crippen LogP contribution < -0.4 is 8.79 Å². The molecule has 1 aliphatic rings. The topological polar surface area (TPSA) is 0 Å². The van der Waals surface area contributed by atoms with Crippen LogP contribution in [0.5, 0.6) is 0 Å². The van der Waals surface area contributed by atoms with Crippen LogP contribution >= 0.6 is 22.7 Å². The molecule has 0 amide bonds. The predicted molar refractivity (Wildman–Crippen MR) is 74.3 cm³/mol. The van der Waals surface area contributed by atoms with Crippen LogP contribution in [0.15, 0.2) is 21.5 Å². The third kappa shape index (κ3) is 1.39. The Morgan fingerprint density at radius 2 is 1.27 bits per heavy atom. The van der Waals surface area contributed by atoms with E-state index in [9.17, 15) is 0 Å². The molecule has 0 atom stereocenters. The maximum absolute atomic E-state index is 2.50. The second kappa shape index (κ2) is 3.34. The summed E-state index contributed by atoms with van der Waals surface area (Å²) in [6, 6.07) is 0. The molecule has 0 nitrogen and oxygen atoms in total. The Balaban J connectivity index is 2.34. The van der Waals surface area contributed by atoms with E-state index in [0.717, 1.165) is 0 Å². The molecule has 2 aromatic heterocycles. The summed E-state index contributed by atoms with van der Waals surface area (Å²) in [5, 5.41) is 9.31. The zero-order valence-electron chi connectivity index (χ0n) is 8.78. The SMILES string of the molecule is [CH3][Ge]1([CH3])[c]2cscc2C=Cc2csc[c]21. The average molecular weight is 293 g/mol. The molecule has 2 aromatic rings. The van der Waals surface area contributed by atoms with Crippen LogP contribution in [0.2, 0.25) is 11.5 Å². The molecule has 76 valence electrons. The van der Waals surface area contributed by atoms with Gasteiger partial charge in [0.25, 0.3) is 0 Å². The van der Waals surface area contributed by atoms with Crippen molar-refractivity contribution in [3.63, 3.8) is 0 Å². The van der Waals surface area contributed by atoms with Gasteiger partial charge in [0.15, 0.2) is 0 Å². The van der Waals surface area contributed by atoms with Crippen LogP contribution in [0.1, 0.15) is 11.1 Å². The molecule has 0 unspecified atom stereocenters. The summed E-state index contributed by atoms with van der Waals surface area (Å²) < 4.78 is 3.29. The summed E-state index contributed by atoms with van der Waals surface area (Å²) in [7, 11) is 0. The summed E-state index contributed by atoms with van der Waals surface area (Å²) in [6.07, 6.45) is 4.58. The van der Waals surface area contributed by atoms with Gasteiger partial charge < -0.3 is 0 Å². The Morgan fingerprint density at radius 3 is 1.73 bits per heavy atom. The van der Waals surface area contributed by atoms with E-state index in [-0.39, 0.29) is 0 Å². The van der Waals surface area contributed by atoms with Crippen LogP contribution in [0.4, 0.5) is 0 Å². The molecule has 3 heteroatoms. The molecule has 3 rings (SSSR count). The van der Waals surface area contributed by atoms with Crippen LogP contribution in [0.3, 0.4) is 0 Å². The van der Waals surface area contributed by atoms with Crippen molar-refractivity contribution >= 4 is 56.9 Å². The molecule has 3 heterocycles. The molecule has 0 fully saturated rings. The molecule has 0 aromatic carbocycles. The third-order valence-electron chi connectivity index (χ3n) is 3.17. The molecule has 0 aliphatic carbocycles. The van der Waals surface area contributed by atoms with Crippen molar-refractivity contribution in [1.82, 2.24) is 0 Å². The summed E-state index contributed by atoms with van der Waals surface area (Å²) in [5.74, 6) is 5.01. The van der Waals surface area contributed by atoms with Gasteiger partial charge in [0.05, 0.1) is 0 Å². The molecule has 0 radical (unpaired) electrons. The normalized spacial score (nSPS) is 16.9. The minimum atomic E-state index is -1.97. The van der Waals surface area contributed by atoms with E-state index in [0.29, 0.717) is 0 Å². The van der Waals surface area contributed by atoms with Gasteiger partial charge in [0.1, 0.15) is 0 Å². The fourth-order valence-electron chi connectivity index (χ4n) is 2.21. The van der Waals surface area contributed by atoms with E-state index in [1.807, 2.05) is 22.7 Å². The summed E-state index contributed by atoms with van der Waals surface area (Å²) >= 11 is 1.72. The Morgan fingerprint density at radius 1 is 0.800 bits per heavy atom. The number of hydrogen-bond acceptors (Lipinski definition) is 2. The van der Waals surface area contributed by atoms with E-state index in [4.69, 9.17) is 0 Å². The number of fused-ring (bicyclic) bond motifs is 2. The van der Waals surface area contributed by atoms with Crippen LogP contribution in [-0.2, 0) is 0 Å². The van der Waals surface area contributed by atoms with E-state index < -0.39 is 13.3 Å². The van der Waals surface area contributed by atoms with Crippen LogP contribution in [0, 0.1) is 0 Å². The van der Waals surface area contributed by atoms with Gasteiger partial charge in [-0.25, -0.2) is 0 Å². The molecular weight excluding hydrogens is 281 g/mol. The molecule has 0 saturated heterocycles. The zero-order chi connectivity index (χ0) is 10.5. The first-order chi connectivity index (χ1) is 7.19. The van der Waals surface area contributed by atoms with Gasteiger partial charge in [0, 0.05) is 0 Å². The van der Waals surface area contributed by atoms with Crippen molar-refractivity contribution < 1.29 is 0 Å². The van der Waals surface area contributed by atoms with Crippen molar-refractivity contribution in [3.05, 3.63) is 32.6 Å². The van der Waals surface area contributed by atoms with Gasteiger partial charge in [-0.1, -0.05) is 0 Å². The first-order valence-corrected chi connectivity index (χ1v) is 13.2. The fourth-order valence-corrected chi connectivity index (χ4v) is 13.5. The second-order valence-corrected chi connectivity index (χ2v) is 15.0. The molecule has 0 bridgehead atoms. The van der Waals surface area contributed by atoms with Gasteiger partial charge in [-0.2, -0.15) is 0 Å². The number of hydrogen-bond donors (Lipinski definition) is 0. The van der Waals surface area contributed by atoms with E-state index in [2.05, 4.69) is 45.2 Å². The Kier molecular flexibility index (Phi) is 2.20. The first-order valence-electron chi connectivity index (χ1n) is 5.01. The molecule has 0 saturated carbocycles. The summed E-state index contributed by atoms with van der Waals surface area (Å²) in [6.45, 7) is 0. The molecule has 1 aliphatic heterocycles. The number of rotatable bonds is 0. The standard InChI is InChI=1S/C12H12GeS2/c1-13(2)11-7-14-5-9(11)3-4-10-6-15-8-12(10)13/h3-8H,1-2H3. The van der Waals surface area contributed by atoms with Gasteiger partial charge in [-0.15, -0.1) is 0 Å². The third-order valence-corrected chi connectivity index (χ3v) is 13.0. The summed E-state index contributed by atoms with van der Waals surface area (Å²) in [4.78, 5) is 0. The van der Waals surface area contributed by atoms with Gasteiger partial charge in [-0.3, -0.25) is 0 Å². The van der Waals surface area contributed by atoms with Gasteiger partial charge in [0.2, 0.25) is 0 Å². The molecule has 15 heavy (non-hydrogen) atoms. The van der Waals surface area contributed by atoms with E-state index in [1.54, 1.807) is 8.79 Å². The van der Waals surface area contributed by atoms with Gasteiger partial charge >= 0.3 is 101 Å². The molecule has 0 N–H and O–H groups in total. The van der Waals surface area contributed by atoms with Crippen molar-refractivity contribution in [1.29, 1.82) is 0 Å². The Labute approximate surface area is 101 Å². The number of thiophene rings is 2. The average Bonchev–Trinajstić information content (AvgIpc) is 2.82. The van der Waals surface area contributed by atoms with Crippen LogP contribution in [0.25, 0.3) is 12.2 Å². The fraction of sp³-hybridized carbons (Fsp3) is 0.167. The van der Waals surface area contributed by atoms with Gasteiger partial charge in [-0.05, 0) is 0 Å². The minimum absolute atomic E-state index is 1.46. The quantitative estimate of drug-likeness (QED) is 0.655. The van der Waals surface area contributed by atoms with E-state index >= 15 is 0 Å². The van der Waals surface area contributed by atoms with E-state index in [1.165, 1.54) is 11.1 Å². The Hall–Kier alpha value is -0.317. The second-order valence-electron chi connectivity index (χ2n) is 4.44. The van der Waals surface area contributed by atoms with Crippen molar-refractivity contribution in [2.24, 2.45) is 0 Å². The van der Waals surface area contributed by atoms with Crippen LogP contribution in [-0.4, -0.2) is 13.3 Å². The monoisotopic (exact) mass is 294 g/mol. The predicted octanol–water partition coefficient (Wildman–Crippen LogP) is 3.12. The van der Waals surface area contributed by atoms with Crippen molar-refractivity contribution in [3.8, 4) is 0 Å². The first kappa shape index (κ1) is 9.88. The molecular formula is C12H12GeS2. The Bertz CT molecular complexity index is 485. The van der Waals surface area contributed by atoms with Crippen molar-refractivity contribution in [2.45, 2.75) is 11.5 Å².